The van der Waals surface area contributed by atoms with Crippen molar-refractivity contribution in [3.05, 3.63) is 35.4 Å². The minimum atomic E-state index is -0.197. The second-order valence-electron chi connectivity index (χ2n) is 10.1. The highest BCUT2D eigenvalue weighted by atomic mass is 31.1. The molecule has 1 aromatic rings. The van der Waals surface area contributed by atoms with Crippen molar-refractivity contribution in [2.24, 2.45) is 11.3 Å². The van der Waals surface area contributed by atoms with Gasteiger partial charge in [0.1, 0.15) is 0 Å². The van der Waals surface area contributed by atoms with E-state index in [2.05, 4.69) is 64.1 Å². The number of rotatable bonds is 13. The summed E-state index contributed by atoms with van der Waals surface area (Å²) in [5.41, 5.74) is 1.43. The van der Waals surface area contributed by atoms with Gasteiger partial charge in [-0.15, -0.1) is 0 Å². The molecule has 1 atom stereocenters. The summed E-state index contributed by atoms with van der Waals surface area (Å²) < 4.78 is 14.7. The zero-order valence-electron chi connectivity index (χ0n) is 24.3. The van der Waals surface area contributed by atoms with E-state index in [4.69, 9.17) is 4.52 Å². The first kappa shape index (κ1) is 36.3. The first-order chi connectivity index (χ1) is 16.9. The van der Waals surface area contributed by atoms with E-state index >= 15 is 0 Å². The fourth-order valence-electron chi connectivity index (χ4n) is 3.15. The van der Waals surface area contributed by atoms with E-state index in [-0.39, 0.29) is 20.5 Å². The van der Waals surface area contributed by atoms with Gasteiger partial charge in [-0.1, -0.05) is 61.5 Å². The molecule has 1 rings (SSSR count). The third kappa shape index (κ3) is 21.5. The van der Waals surface area contributed by atoms with Gasteiger partial charge in [-0.2, -0.15) is 0 Å². The number of amides is 2. The van der Waals surface area contributed by atoms with Crippen LogP contribution in [0.5, 0.6) is 0 Å². The summed E-state index contributed by atoms with van der Waals surface area (Å²) in [6.45, 7) is 21.4. The van der Waals surface area contributed by atoms with E-state index in [0.717, 1.165) is 32.4 Å². The lowest BCUT2D eigenvalue weighted by atomic mass is 9.84. The van der Waals surface area contributed by atoms with Crippen molar-refractivity contribution < 1.29 is 18.7 Å². The lowest BCUT2D eigenvalue weighted by Crippen LogP contribution is -2.26. The average Bonchev–Trinajstić information content (AvgIpc) is 2.85. The van der Waals surface area contributed by atoms with Gasteiger partial charge in [0.25, 0.3) is 11.8 Å². The molecule has 2 N–H and O–H groups in total. The molecule has 7 nitrogen and oxygen atoms in total. The monoisotopic (exact) mass is 525 g/mol. The molecular weight excluding hydrogens is 473 g/mol. The summed E-state index contributed by atoms with van der Waals surface area (Å²) in [4.78, 5) is 25.7. The zero-order chi connectivity index (χ0) is 28.0. The molecule has 8 heteroatoms. The van der Waals surface area contributed by atoms with Crippen LogP contribution < -0.4 is 10.6 Å². The van der Waals surface area contributed by atoms with Gasteiger partial charge in [-0.05, 0) is 75.4 Å². The highest BCUT2D eigenvalue weighted by Crippen LogP contribution is 2.26. The van der Waals surface area contributed by atoms with Gasteiger partial charge < -0.3 is 15.5 Å². The molecule has 0 saturated heterocycles. The maximum absolute atomic E-state index is 11.7. The molecule has 0 aliphatic rings. The van der Waals surface area contributed by atoms with Gasteiger partial charge in [0.2, 0.25) is 0 Å². The Kier molecular flexibility index (Phi) is 22.6. The second kappa shape index (κ2) is 22.4. The van der Waals surface area contributed by atoms with Crippen molar-refractivity contribution in [2.45, 2.75) is 81.1 Å². The zero-order valence-corrected chi connectivity index (χ0v) is 25.2. The summed E-state index contributed by atoms with van der Waals surface area (Å²) in [6.07, 6.45) is 3.96. The Morgan fingerprint density at radius 1 is 0.972 bits per heavy atom. The number of nitrogens with one attached hydrogen (secondary N) is 2. The molecule has 0 spiro atoms. The van der Waals surface area contributed by atoms with Gasteiger partial charge in [-0.3, -0.25) is 14.1 Å². The standard InChI is InChI=1S/C14H20N2O2.C9H19O2P.C5H13N/c1-3-8-15-13(17)11-6-5-7-12(10-11)14(18)16-9-4-2;1-8(5-6-11-12-10)7-9(2,3)4;1-4-6(3)5-2/h5-7,10H,3-4,8-9H2,1-2H3,(H,15,17)(H,16,18);8H,5-7H2,1-4H3;4-5H2,1-3H3. The van der Waals surface area contributed by atoms with Crippen LogP contribution in [0, 0.1) is 11.3 Å². The molecular formula is C28H52N3O4P. The third-order valence-electron chi connectivity index (χ3n) is 5.25. The molecule has 2 amide bonds. The fraction of sp³-hybridized carbons (Fsp3) is 0.714. The van der Waals surface area contributed by atoms with Crippen molar-refractivity contribution in [1.82, 2.24) is 15.5 Å². The summed E-state index contributed by atoms with van der Waals surface area (Å²) in [5, 5.41) is 5.57. The topological polar surface area (TPSA) is 87.7 Å². The van der Waals surface area contributed by atoms with E-state index in [1.165, 1.54) is 6.42 Å². The van der Waals surface area contributed by atoms with Crippen LogP contribution in [-0.4, -0.2) is 56.5 Å². The molecule has 0 radical (unpaired) electrons. The molecule has 36 heavy (non-hydrogen) atoms. The van der Waals surface area contributed by atoms with Crippen molar-refractivity contribution in [3.63, 3.8) is 0 Å². The lowest BCUT2D eigenvalue weighted by Gasteiger charge is -2.22. The van der Waals surface area contributed by atoms with Gasteiger partial charge in [-0.25, -0.2) is 4.57 Å². The van der Waals surface area contributed by atoms with E-state index in [9.17, 15) is 14.2 Å². The number of hydrogen-bond donors (Lipinski definition) is 2. The summed E-state index contributed by atoms with van der Waals surface area (Å²) in [7, 11) is 1.91. The molecule has 1 aromatic carbocycles. The van der Waals surface area contributed by atoms with Crippen LogP contribution in [0.1, 0.15) is 102 Å². The summed E-state index contributed by atoms with van der Waals surface area (Å²) >= 11 is 0. The van der Waals surface area contributed by atoms with Gasteiger partial charge >= 0.3 is 8.69 Å². The fourth-order valence-corrected chi connectivity index (χ4v) is 3.33. The SMILES string of the molecule is CC(CCOP=O)CC(C)(C)C.CCCNC(=O)c1cccc(C(=O)NCCC)c1.CCN(C)CC. The van der Waals surface area contributed by atoms with Crippen molar-refractivity contribution in [1.29, 1.82) is 0 Å². The minimum Gasteiger partial charge on any atom is -0.352 e. The van der Waals surface area contributed by atoms with Gasteiger partial charge in [0, 0.05) is 24.2 Å². The van der Waals surface area contributed by atoms with E-state index < -0.39 is 0 Å². The predicted octanol–water partition coefficient (Wildman–Crippen LogP) is 6.60. The predicted molar refractivity (Wildman–Crippen MR) is 152 cm³/mol. The van der Waals surface area contributed by atoms with Gasteiger partial charge in [0.05, 0.1) is 6.61 Å². The van der Waals surface area contributed by atoms with Crippen LogP contribution in [-0.2, 0) is 9.09 Å². The highest BCUT2D eigenvalue weighted by molar-refractivity contribution is 7.17. The second-order valence-corrected chi connectivity index (χ2v) is 10.6. The molecule has 0 aliphatic heterocycles. The summed E-state index contributed by atoms with van der Waals surface area (Å²) in [6, 6.07) is 6.76. The van der Waals surface area contributed by atoms with Crippen LogP contribution in [0.4, 0.5) is 0 Å². The quantitative estimate of drug-likeness (QED) is 0.224. The van der Waals surface area contributed by atoms with E-state index in [1.807, 2.05) is 13.8 Å². The van der Waals surface area contributed by atoms with Gasteiger partial charge in [0.15, 0.2) is 0 Å². The lowest BCUT2D eigenvalue weighted by molar-refractivity contribution is 0.0953. The number of nitrogens with zero attached hydrogens (tertiary/aromatic N) is 1. The number of benzene rings is 1. The van der Waals surface area contributed by atoms with Crippen LogP contribution in [0.3, 0.4) is 0 Å². The first-order valence-electron chi connectivity index (χ1n) is 13.2. The van der Waals surface area contributed by atoms with Crippen LogP contribution >= 0.6 is 8.69 Å². The number of carbonyl (C=O) groups excluding carboxylic acids is 2. The molecule has 1 unspecified atom stereocenters. The Balaban J connectivity index is 0. The summed E-state index contributed by atoms with van der Waals surface area (Å²) in [5.74, 6) is 0.371. The third-order valence-corrected chi connectivity index (χ3v) is 5.54. The maximum atomic E-state index is 11.7. The van der Waals surface area contributed by atoms with Crippen LogP contribution in [0.2, 0.25) is 0 Å². The van der Waals surface area contributed by atoms with Crippen molar-refractivity contribution in [3.8, 4) is 0 Å². The molecule has 0 bridgehead atoms. The largest absolute Gasteiger partial charge is 0.352 e. The van der Waals surface area contributed by atoms with E-state index in [0.29, 0.717) is 42.2 Å². The van der Waals surface area contributed by atoms with Crippen molar-refractivity contribution in [2.75, 3.05) is 39.8 Å². The smallest absolute Gasteiger partial charge is 0.327 e. The Morgan fingerprint density at radius 3 is 1.78 bits per heavy atom. The molecule has 0 aliphatic carbocycles. The van der Waals surface area contributed by atoms with Crippen molar-refractivity contribution >= 4 is 20.5 Å². The Labute approximate surface area is 222 Å². The Bertz CT molecular complexity index is 684. The highest BCUT2D eigenvalue weighted by Gasteiger charge is 2.14. The van der Waals surface area contributed by atoms with Crippen LogP contribution in [0.15, 0.2) is 24.3 Å². The number of hydrogen-bond acceptors (Lipinski definition) is 5. The molecule has 208 valence electrons. The average molecular weight is 526 g/mol. The molecule has 0 saturated carbocycles. The Hall–Kier alpha value is -1.82. The molecule has 0 heterocycles. The normalized spacial score (nSPS) is 11.6. The van der Waals surface area contributed by atoms with Crippen LogP contribution in [0.25, 0.3) is 0 Å². The minimum absolute atomic E-state index is 0.137. The maximum Gasteiger partial charge on any atom is 0.327 e. The molecule has 0 fully saturated rings. The first-order valence-corrected chi connectivity index (χ1v) is 14.0. The molecule has 0 aromatic heterocycles. The van der Waals surface area contributed by atoms with E-state index in [1.54, 1.807) is 24.3 Å². The number of carbonyl (C=O) groups is 2. The Morgan fingerprint density at radius 2 is 1.44 bits per heavy atom.